The van der Waals surface area contributed by atoms with E-state index in [0.717, 1.165) is 12.1 Å². The third-order valence-corrected chi connectivity index (χ3v) is 7.06. The zero-order valence-electron chi connectivity index (χ0n) is 18.6. The summed E-state index contributed by atoms with van der Waals surface area (Å²) in [5.74, 6) is 0.122. The van der Waals surface area contributed by atoms with E-state index >= 15 is 0 Å². The zero-order chi connectivity index (χ0) is 22.7. The highest BCUT2D eigenvalue weighted by atomic mass is 32.1. The minimum absolute atomic E-state index is 0.122. The van der Waals surface area contributed by atoms with Crippen LogP contribution < -0.4 is 5.32 Å². The summed E-state index contributed by atoms with van der Waals surface area (Å²) in [7, 11) is 3.86. The van der Waals surface area contributed by atoms with Gasteiger partial charge >= 0.3 is 5.82 Å². The van der Waals surface area contributed by atoms with Crippen LogP contribution in [0.1, 0.15) is 29.5 Å². The number of aromatic nitrogens is 1. The van der Waals surface area contributed by atoms with Gasteiger partial charge in [0.25, 0.3) is 0 Å². The first-order chi connectivity index (χ1) is 15.4. The van der Waals surface area contributed by atoms with Crippen molar-refractivity contribution in [1.29, 1.82) is 0 Å². The highest BCUT2D eigenvalue weighted by molar-refractivity contribution is 7.10. The molecule has 5 nitrogen and oxygen atoms in total. The number of fused-ring (bicyclic) bond motifs is 1. The smallest absolute Gasteiger partial charge is 0.323 e. The van der Waals surface area contributed by atoms with Gasteiger partial charge < -0.3 is 15.4 Å². The van der Waals surface area contributed by atoms with Gasteiger partial charge in [0.15, 0.2) is 0 Å². The highest BCUT2D eigenvalue weighted by Gasteiger charge is 2.34. The van der Waals surface area contributed by atoms with Crippen LogP contribution in [-0.4, -0.2) is 16.5 Å². The molecule has 2 heterocycles. The quantitative estimate of drug-likeness (QED) is 0.218. The first kappa shape index (κ1) is 22.0. The Balaban J connectivity index is 1.84. The fourth-order valence-electron chi connectivity index (χ4n) is 4.59. The summed E-state index contributed by atoms with van der Waals surface area (Å²) in [6, 6.07) is 20.5. The van der Waals surface area contributed by atoms with Crippen molar-refractivity contribution in [1.82, 2.24) is 4.57 Å². The van der Waals surface area contributed by atoms with Crippen LogP contribution in [0.4, 0.5) is 11.5 Å². The summed E-state index contributed by atoms with van der Waals surface area (Å²) < 4.78 is 1.71. The third kappa shape index (κ3) is 4.24. The van der Waals surface area contributed by atoms with Crippen LogP contribution in [-0.2, 0) is 18.9 Å². The molecule has 4 aromatic rings. The fourth-order valence-corrected chi connectivity index (χ4v) is 5.23. The molecule has 4 rings (SSSR count). The van der Waals surface area contributed by atoms with Gasteiger partial charge in [-0.25, -0.2) is 4.57 Å². The average molecular weight is 447 g/mol. The Labute approximate surface area is 192 Å². The van der Waals surface area contributed by atoms with E-state index in [0.29, 0.717) is 6.42 Å². The molecule has 2 aromatic heterocycles. The molecule has 2 aromatic carbocycles. The Morgan fingerprint density at radius 2 is 1.94 bits per heavy atom. The maximum Gasteiger partial charge on any atom is 0.323 e. The minimum atomic E-state index is -0.319. The number of nitro groups is 1. The molecule has 0 amide bonds. The standard InChI is InChI=1S/C26H27N3O2S/c1-26(16-6-9-21-10-7-17-32-21,18-20-13-15-24(28(20)3)29(30)31)25-22-11-5-4-8-19(22)12-14-23(25)27-2/h4-15,17,27H,16,18H2,1-3H3/p+1/b9-6+. The van der Waals surface area contributed by atoms with Crippen LogP contribution in [0.5, 0.6) is 0 Å². The van der Waals surface area contributed by atoms with Crippen molar-refractivity contribution in [3.63, 3.8) is 0 Å². The number of allylic oxidation sites excluding steroid dienone is 1. The SMILES string of the molecule is C[NH2+]c1ccc2ccccc2c1C(C)(C/C=C/c1cccs1)Cc1ccc([N+](=O)[O-])n1C. The molecule has 0 spiro atoms. The second-order valence-corrected chi connectivity index (χ2v) is 9.38. The van der Waals surface area contributed by atoms with Gasteiger partial charge in [-0.3, -0.25) is 0 Å². The number of hydrogen-bond donors (Lipinski definition) is 1. The van der Waals surface area contributed by atoms with Crippen molar-refractivity contribution in [2.75, 3.05) is 7.05 Å². The van der Waals surface area contributed by atoms with E-state index in [1.54, 1.807) is 29.0 Å². The van der Waals surface area contributed by atoms with Gasteiger partial charge in [0.1, 0.15) is 11.4 Å². The number of rotatable bonds is 8. The van der Waals surface area contributed by atoms with Crippen molar-refractivity contribution in [2.24, 2.45) is 7.05 Å². The fraction of sp³-hybridized carbons (Fsp3) is 0.231. The lowest BCUT2D eigenvalue weighted by atomic mass is 9.73. The van der Waals surface area contributed by atoms with E-state index in [1.807, 2.05) is 6.07 Å². The van der Waals surface area contributed by atoms with E-state index in [2.05, 4.69) is 85.4 Å². The van der Waals surface area contributed by atoms with Crippen LogP contribution in [0.25, 0.3) is 16.8 Å². The van der Waals surface area contributed by atoms with Gasteiger partial charge in [0, 0.05) is 28.3 Å². The van der Waals surface area contributed by atoms with Crippen LogP contribution in [0, 0.1) is 10.1 Å². The van der Waals surface area contributed by atoms with Crippen molar-refractivity contribution >= 4 is 39.7 Å². The van der Waals surface area contributed by atoms with Crippen LogP contribution in [0.15, 0.2) is 72.1 Å². The number of benzene rings is 2. The molecule has 0 bridgehead atoms. The molecule has 0 saturated heterocycles. The molecular weight excluding hydrogens is 418 g/mol. The first-order valence-electron chi connectivity index (χ1n) is 10.7. The molecule has 0 aliphatic rings. The van der Waals surface area contributed by atoms with E-state index < -0.39 is 0 Å². The number of nitrogens with zero attached hydrogens (tertiary/aromatic N) is 2. The molecule has 164 valence electrons. The number of thiophene rings is 1. The lowest BCUT2D eigenvalue weighted by molar-refractivity contribution is -0.540. The third-order valence-electron chi connectivity index (χ3n) is 6.23. The minimum Gasteiger partial charge on any atom is -0.358 e. The summed E-state index contributed by atoms with van der Waals surface area (Å²) in [5, 5.41) is 18.1. The Bertz CT molecular complexity index is 1270. The van der Waals surface area contributed by atoms with Crippen LogP contribution in [0.2, 0.25) is 0 Å². The molecule has 0 radical (unpaired) electrons. The van der Waals surface area contributed by atoms with Gasteiger partial charge in [-0.05, 0) is 57.8 Å². The van der Waals surface area contributed by atoms with Crippen LogP contribution >= 0.6 is 11.3 Å². The molecular formula is C26H28N3O2S+. The second kappa shape index (κ2) is 9.10. The Hall–Kier alpha value is -3.22. The molecule has 0 saturated carbocycles. The van der Waals surface area contributed by atoms with Gasteiger partial charge in [-0.15, -0.1) is 11.3 Å². The summed E-state index contributed by atoms with van der Waals surface area (Å²) in [4.78, 5) is 12.3. The molecule has 0 aliphatic heterocycles. The maximum absolute atomic E-state index is 11.4. The Morgan fingerprint density at radius 1 is 1.12 bits per heavy atom. The van der Waals surface area contributed by atoms with E-state index in [1.165, 1.54) is 26.9 Å². The predicted octanol–water partition coefficient (Wildman–Crippen LogP) is 5.58. The summed E-state index contributed by atoms with van der Waals surface area (Å²) in [5.41, 5.74) is 3.20. The highest BCUT2D eigenvalue weighted by Crippen LogP contribution is 2.40. The maximum atomic E-state index is 11.4. The summed E-state index contributed by atoms with van der Waals surface area (Å²) in [6.45, 7) is 2.28. The van der Waals surface area contributed by atoms with Gasteiger partial charge in [0.05, 0.1) is 14.1 Å². The predicted molar refractivity (Wildman–Crippen MR) is 133 cm³/mol. The molecule has 0 aliphatic carbocycles. The van der Waals surface area contributed by atoms with E-state index in [-0.39, 0.29) is 16.2 Å². The zero-order valence-corrected chi connectivity index (χ0v) is 19.4. The number of hydrogen-bond acceptors (Lipinski definition) is 3. The average Bonchev–Trinajstić information content (AvgIpc) is 3.43. The normalized spacial score (nSPS) is 13.6. The van der Waals surface area contributed by atoms with Crippen molar-refractivity contribution < 1.29 is 10.2 Å². The van der Waals surface area contributed by atoms with Gasteiger partial charge in [-0.1, -0.05) is 43.3 Å². The number of quaternary nitrogens is 1. The topological polar surface area (TPSA) is 64.7 Å². The van der Waals surface area contributed by atoms with Gasteiger partial charge in [0.2, 0.25) is 0 Å². The summed E-state index contributed by atoms with van der Waals surface area (Å²) >= 11 is 1.72. The molecule has 2 N–H and O–H groups in total. The lowest BCUT2D eigenvalue weighted by Crippen LogP contribution is -2.73. The molecule has 0 fully saturated rings. The van der Waals surface area contributed by atoms with Crippen molar-refractivity contribution in [3.05, 3.63) is 98.4 Å². The molecule has 1 atom stereocenters. The Morgan fingerprint density at radius 3 is 2.62 bits per heavy atom. The largest absolute Gasteiger partial charge is 0.358 e. The van der Waals surface area contributed by atoms with Crippen molar-refractivity contribution in [2.45, 2.75) is 25.2 Å². The molecule has 6 heteroatoms. The second-order valence-electron chi connectivity index (χ2n) is 8.40. The first-order valence-corrected chi connectivity index (χ1v) is 11.6. The van der Waals surface area contributed by atoms with E-state index in [4.69, 9.17) is 0 Å². The number of nitrogens with two attached hydrogens (primary N) is 1. The molecule has 32 heavy (non-hydrogen) atoms. The molecule has 1 unspecified atom stereocenters. The van der Waals surface area contributed by atoms with Crippen molar-refractivity contribution in [3.8, 4) is 0 Å². The van der Waals surface area contributed by atoms with E-state index in [9.17, 15) is 10.1 Å². The van der Waals surface area contributed by atoms with Gasteiger partial charge in [-0.2, -0.15) is 0 Å². The van der Waals surface area contributed by atoms with Crippen LogP contribution in [0.3, 0.4) is 0 Å². The summed E-state index contributed by atoms with van der Waals surface area (Å²) in [6.07, 6.45) is 5.93. The lowest BCUT2D eigenvalue weighted by Gasteiger charge is -2.30. The Kier molecular flexibility index (Phi) is 6.26. The monoisotopic (exact) mass is 446 g/mol.